The van der Waals surface area contributed by atoms with Gasteiger partial charge in [0.1, 0.15) is 0 Å². The molecular weight excluding hydrogens is 442 g/mol. The topological polar surface area (TPSA) is 102 Å². The van der Waals surface area contributed by atoms with Crippen molar-refractivity contribution in [1.82, 2.24) is 9.29 Å². The molecule has 2 aromatic carbocycles. The average molecular weight is 470 g/mol. The van der Waals surface area contributed by atoms with E-state index in [4.69, 9.17) is 9.15 Å². The van der Waals surface area contributed by atoms with Gasteiger partial charge in [0.25, 0.3) is 0 Å². The van der Waals surface area contributed by atoms with Crippen molar-refractivity contribution in [2.45, 2.75) is 31.6 Å². The lowest BCUT2D eigenvalue weighted by molar-refractivity contribution is -0.116. The predicted molar refractivity (Wildman–Crippen MR) is 124 cm³/mol. The summed E-state index contributed by atoms with van der Waals surface area (Å²) in [5, 5.41) is 2.82. The molecule has 0 saturated carbocycles. The molecule has 3 aromatic rings. The van der Waals surface area contributed by atoms with E-state index in [9.17, 15) is 13.2 Å². The van der Waals surface area contributed by atoms with E-state index in [0.717, 1.165) is 16.7 Å². The third kappa shape index (κ3) is 5.50. The van der Waals surface area contributed by atoms with Crippen molar-refractivity contribution in [3.63, 3.8) is 0 Å². The number of hydrogen-bond donors (Lipinski definition) is 1. The second-order valence-electron chi connectivity index (χ2n) is 8.03. The summed E-state index contributed by atoms with van der Waals surface area (Å²) in [5.41, 5.74) is 3.34. The number of carbonyl (C=O) groups is 1. The molecule has 1 aliphatic heterocycles. The monoisotopic (exact) mass is 469 g/mol. The van der Waals surface area contributed by atoms with Gasteiger partial charge in [0.05, 0.1) is 24.3 Å². The maximum atomic E-state index is 12.9. The Bertz CT molecular complexity index is 1230. The van der Waals surface area contributed by atoms with Gasteiger partial charge in [-0.1, -0.05) is 35.9 Å². The van der Waals surface area contributed by atoms with Gasteiger partial charge < -0.3 is 14.5 Å². The maximum absolute atomic E-state index is 12.9. The summed E-state index contributed by atoms with van der Waals surface area (Å²) in [6, 6.07) is 12.7. The van der Waals surface area contributed by atoms with Gasteiger partial charge in [0.15, 0.2) is 11.7 Å². The molecule has 33 heavy (non-hydrogen) atoms. The summed E-state index contributed by atoms with van der Waals surface area (Å²) in [6.07, 6.45) is 2.15. The summed E-state index contributed by atoms with van der Waals surface area (Å²) in [5.74, 6) is 0.887. The zero-order valence-electron chi connectivity index (χ0n) is 18.7. The van der Waals surface area contributed by atoms with E-state index < -0.39 is 10.0 Å². The Morgan fingerprint density at radius 2 is 1.82 bits per heavy atom. The first-order valence-corrected chi connectivity index (χ1v) is 12.3. The van der Waals surface area contributed by atoms with E-state index in [1.807, 2.05) is 38.1 Å². The highest BCUT2D eigenvalue weighted by molar-refractivity contribution is 7.89. The Kier molecular flexibility index (Phi) is 6.92. The van der Waals surface area contributed by atoms with E-state index in [1.165, 1.54) is 10.4 Å². The molecule has 174 valence electrons. The van der Waals surface area contributed by atoms with Crippen LogP contribution in [0.2, 0.25) is 0 Å². The van der Waals surface area contributed by atoms with Crippen LogP contribution in [0.5, 0.6) is 0 Å². The average Bonchev–Trinajstić information content (AvgIpc) is 3.29. The van der Waals surface area contributed by atoms with Crippen molar-refractivity contribution in [3.05, 3.63) is 65.7 Å². The van der Waals surface area contributed by atoms with Crippen molar-refractivity contribution in [2.75, 3.05) is 31.6 Å². The summed E-state index contributed by atoms with van der Waals surface area (Å²) < 4.78 is 38.3. The van der Waals surface area contributed by atoms with Crippen LogP contribution in [0.3, 0.4) is 0 Å². The number of nitrogens with zero attached hydrogens (tertiary/aromatic N) is 2. The van der Waals surface area contributed by atoms with Crippen LogP contribution in [-0.2, 0) is 26.0 Å². The lowest BCUT2D eigenvalue weighted by Gasteiger charge is -2.26. The van der Waals surface area contributed by atoms with E-state index in [1.54, 1.807) is 18.3 Å². The van der Waals surface area contributed by atoms with Gasteiger partial charge in [-0.2, -0.15) is 4.31 Å². The maximum Gasteiger partial charge on any atom is 0.243 e. The zero-order chi connectivity index (χ0) is 23.4. The molecular formula is C24H27N3O5S. The highest BCUT2D eigenvalue weighted by atomic mass is 32.2. The highest BCUT2D eigenvalue weighted by Gasteiger charge is 2.27. The fourth-order valence-corrected chi connectivity index (χ4v) is 4.98. The number of hydrogen-bond acceptors (Lipinski definition) is 6. The molecule has 2 heterocycles. The van der Waals surface area contributed by atoms with Crippen molar-refractivity contribution in [1.29, 1.82) is 0 Å². The van der Waals surface area contributed by atoms with Gasteiger partial charge in [-0.3, -0.25) is 4.79 Å². The molecule has 4 rings (SSSR count). The number of morpholine rings is 1. The molecule has 1 aromatic heterocycles. The second-order valence-corrected chi connectivity index (χ2v) is 9.96. The molecule has 0 unspecified atom stereocenters. The number of ether oxygens (including phenoxy) is 1. The zero-order valence-corrected chi connectivity index (χ0v) is 19.5. The summed E-state index contributed by atoms with van der Waals surface area (Å²) >= 11 is 0. The molecule has 1 fully saturated rings. The van der Waals surface area contributed by atoms with E-state index in [2.05, 4.69) is 10.3 Å². The second kappa shape index (κ2) is 9.86. The van der Waals surface area contributed by atoms with Crippen molar-refractivity contribution < 1.29 is 22.4 Å². The van der Waals surface area contributed by atoms with Crippen molar-refractivity contribution >= 4 is 21.6 Å². The number of anilines is 1. The Balaban J connectivity index is 1.39. The minimum Gasteiger partial charge on any atom is -0.441 e. The number of sulfonamides is 1. The van der Waals surface area contributed by atoms with Gasteiger partial charge in [-0.15, -0.1) is 0 Å². The fourth-order valence-electron chi connectivity index (χ4n) is 3.54. The third-order valence-corrected chi connectivity index (χ3v) is 7.44. The number of benzene rings is 2. The van der Waals surface area contributed by atoms with Crippen LogP contribution in [0, 0.1) is 13.8 Å². The smallest absolute Gasteiger partial charge is 0.243 e. The molecule has 0 radical (unpaired) electrons. The molecule has 0 spiro atoms. The van der Waals surface area contributed by atoms with Crippen molar-refractivity contribution in [2.24, 2.45) is 0 Å². The van der Waals surface area contributed by atoms with Crippen LogP contribution in [0.1, 0.15) is 23.4 Å². The number of oxazole rings is 1. The van der Waals surface area contributed by atoms with Gasteiger partial charge >= 0.3 is 0 Å². The first-order valence-electron chi connectivity index (χ1n) is 10.8. The first-order chi connectivity index (χ1) is 15.8. The molecule has 0 aliphatic carbocycles. The number of rotatable bonds is 7. The highest BCUT2D eigenvalue weighted by Crippen LogP contribution is 2.24. The largest absolute Gasteiger partial charge is 0.441 e. The molecule has 1 N–H and O–H groups in total. The number of nitrogens with one attached hydrogen (secondary N) is 1. The molecule has 0 atom stereocenters. The summed E-state index contributed by atoms with van der Waals surface area (Å²) in [7, 11) is -3.64. The molecule has 1 amide bonds. The predicted octanol–water partition coefficient (Wildman–Crippen LogP) is 3.55. The van der Waals surface area contributed by atoms with E-state index >= 15 is 0 Å². The van der Waals surface area contributed by atoms with Crippen LogP contribution >= 0.6 is 0 Å². The summed E-state index contributed by atoms with van der Waals surface area (Å²) in [6.45, 7) is 5.23. The minimum absolute atomic E-state index is 0.153. The third-order valence-electron chi connectivity index (χ3n) is 5.55. The van der Waals surface area contributed by atoms with Gasteiger partial charge in [0.2, 0.25) is 15.9 Å². The number of aryl methyl sites for hydroxylation is 3. The molecule has 1 aliphatic rings. The molecule has 8 nitrogen and oxygen atoms in total. The SMILES string of the molecule is Cc1ccc(-c2cnc(CCC(=O)Nc3cc(S(=O)(=O)N4CCOCC4)ccc3C)o2)cc1. The molecule has 1 saturated heterocycles. The Hall–Kier alpha value is -3.01. The van der Waals surface area contributed by atoms with Crippen LogP contribution < -0.4 is 5.32 Å². The minimum atomic E-state index is -3.64. The normalized spacial score (nSPS) is 14.8. The first kappa shape index (κ1) is 23.2. The van der Waals surface area contributed by atoms with E-state index in [0.29, 0.717) is 50.1 Å². The Morgan fingerprint density at radius 1 is 1.09 bits per heavy atom. The number of carbonyl (C=O) groups excluding carboxylic acids is 1. The lowest BCUT2D eigenvalue weighted by Crippen LogP contribution is -2.40. The summed E-state index contributed by atoms with van der Waals surface area (Å²) in [4.78, 5) is 17.0. The van der Waals surface area contributed by atoms with Gasteiger partial charge in [-0.05, 0) is 31.5 Å². The van der Waals surface area contributed by atoms with Crippen LogP contribution in [0.15, 0.2) is 58.0 Å². The number of amides is 1. The van der Waals surface area contributed by atoms with Crippen LogP contribution in [-0.4, -0.2) is 49.9 Å². The quantitative estimate of drug-likeness (QED) is 0.568. The standard InChI is InChI=1S/C24H27N3O5S/c1-17-3-6-19(7-4-17)22-16-25-24(32-22)10-9-23(28)26-21-15-20(8-5-18(21)2)33(29,30)27-11-13-31-14-12-27/h3-8,15-16H,9-14H2,1-2H3,(H,26,28). The van der Waals surface area contributed by atoms with Crippen LogP contribution in [0.25, 0.3) is 11.3 Å². The van der Waals surface area contributed by atoms with Crippen LogP contribution in [0.4, 0.5) is 5.69 Å². The molecule has 9 heteroatoms. The van der Waals surface area contributed by atoms with Gasteiger partial charge in [-0.25, -0.2) is 13.4 Å². The van der Waals surface area contributed by atoms with Gasteiger partial charge in [0, 0.05) is 37.2 Å². The Morgan fingerprint density at radius 3 is 2.55 bits per heavy atom. The Labute approximate surface area is 193 Å². The fraction of sp³-hybridized carbons (Fsp3) is 0.333. The van der Waals surface area contributed by atoms with Crippen molar-refractivity contribution in [3.8, 4) is 11.3 Å². The molecule has 0 bridgehead atoms. The van der Waals surface area contributed by atoms with E-state index in [-0.39, 0.29) is 17.2 Å². The number of aromatic nitrogens is 1. The lowest BCUT2D eigenvalue weighted by atomic mass is 10.1.